The number of anilines is 1. The Morgan fingerprint density at radius 1 is 1.16 bits per heavy atom. The Kier molecular flexibility index (Phi) is 4.62. The van der Waals surface area contributed by atoms with E-state index in [0.717, 1.165) is 21.0 Å². The zero-order valence-electron chi connectivity index (χ0n) is 16.1. The van der Waals surface area contributed by atoms with Crippen molar-refractivity contribution in [3.05, 3.63) is 64.2 Å². The highest BCUT2D eigenvalue weighted by atomic mass is 79.9. The number of nitrogens with zero attached hydrogens (tertiary/aromatic N) is 6. The quantitative estimate of drug-likeness (QED) is 0.525. The lowest BCUT2D eigenvalue weighted by atomic mass is 10.1. The van der Waals surface area contributed by atoms with E-state index in [4.69, 9.17) is 4.52 Å². The second kappa shape index (κ2) is 7.34. The summed E-state index contributed by atoms with van der Waals surface area (Å²) in [5.41, 5.74) is 1.34. The number of benzene rings is 2. The van der Waals surface area contributed by atoms with Gasteiger partial charge in [0.05, 0.1) is 5.69 Å². The van der Waals surface area contributed by atoms with Crippen LogP contribution in [-0.2, 0) is 16.1 Å². The largest absolute Gasteiger partial charge is 0.337 e. The molecule has 1 saturated heterocycles. The van der Waals surface area contributed by atoms with Crippen molar-refractivity contribution in [3.63, 3.8) is 0 Å². The topological polar surface area (TPSA) is 104 Å². The third-order valence-corrected chi connectivity index (χ3v) is 5.61. The van der Waals surface area contributed by atoms with Crippen molar-refractivity contribution in [2.24, 2.45) is 10.3 Å². The van der Waals surface area contributed by atoms with Gasteiger partial charge in [0, 0.05) is 10.0 Å². The van der Waals surface area contributed by atoms with Gasteiger partial charge in [-0.2, -0.15) is 10.1 Å². The van der Waals surface area contributed by atoms with Gasteiger partial charge in [-0.05, 0) is 36.8 Å². The second-order valence-electron chi connectivity index (χ2n) is 7.16. The first kappa shape index (κ1) is 19.5. The van der Waals surface area contributed by atoms with E-state index in [0.29, 0.717) is 11.4 Å². The molecule has 31 heavy (non-hydrogen) atoms. The van der Waals surface area contributed by atoms with Gasteiger partial charge >= 0.3 is 0 Å². The molecule has 2 atom stereocenters. The SMILES string of the molecule is Cc1ccc(N2C(=O)[C@@H]3[C@@H](N=NN3Cc3nc(-c4cccc(Br)c4)no3)C2=O)cc1F. The number of carbonyl (C=O) groups excluding carboxylic acids is 2. The van der Waals surface area contributed by atoms with Gasteiger partial charge < -0.3 is 4.52 Å². The average Bonchev–Trinajstić information content (AvgIpc) is 3.43. The molecule has 0 aliphatic carbocycles. The number of aryl methyl sites for hydroxylation is 1. The van der Waals surface area contributed by atoms with Gasteiger partial charge in [0.15, 0.2) is 12.1 Å². The molecule has 2 aromatic carbocycles. The Bertz CT molecular complexity index is 1250. The first-order valence-corrected chi connectivity index (χ1v) is 10.1. The monoisotopic (exact) mass is 484 g/mol. The van der Waals surface area contributed by atoms with Crippen LogP contribution in [0.15, 0.2) is 61.8 Å². The molecule has 156 valence electrons. The highest BCUT2D eigenvalue weighted by Gasteiger charge is 2.55. The Hall–Kier alpha value is -3.47. The minimum atomic E-state index is -0.996. The van der Waals surface area contributed by atoms with Crippen LogP contribution in [0.4, 0.5) is 10.1 Å². The maximum absolute atomic E-state index is 14.0. The number of halogens is 2. The number of amides is 2. The van der Waals surface area contributed by atoms with Gasteiger partial charge in [-0.15, -0.1) is 0 Å². The molecule has 1 aromatic heterocycles. The van der Waals surface area contributed by atoms with Crippen LogP contribution >= 0.6 is 15.9 Å². The lowest BCUT2D eigenvalue weighted by Gasteiger charge is -2.19. The molecule has 1 fully saturated rings. The van der Waals surface area contributed by atoms with E-state index in [1.54, 1.807) is 6.92 Å². The van der Waals surface area contributed by atoms with Gasteiger partial charge in [0.1, 0.15) is 12.4 Å². The van der Waals surface area contributed by atoms with Gasteiger partial charge in [0.25, 0.3) is 11.8 Å². The zero-order valence-corrected chi connectivity index (χ0v) is 17.7. The Labute approximate surface area is 183 Å². The fraction of sp³-hybridized carbons (Fsp3) is 0.200. The fourth-order valence-electron chi connectivity index (χ4n) is 3.53. The van der Waals surface area contributed by atoms with Crippen LogP contribution in [-0.4, -0.2) is 39.0 Å². The van der Waals surface area contributed by atoms with Crippen molar-refractivity contribution in [1.29, 1.82) is 0 Å². The highest BCUT2D eigenvalue weighted by molar-refractivity contribution is 9.10. The molecule has 9 nitrogen and oxygen atoms in total. The Morgan fingerprint density at radius 2 is 2.00 bits per heavy atom. The molecule has 0 unspecified atom stereocenters. The molecular weight excluding hydrogens is 471 g/mol. The lowest BCUT2D eigenvalue weighted by Crippen LogP contribution is -2.39. The highest BCUT2D eigenvalue weighted by Crippen LogP contribution is 2.33. The summed E-state index contributed by atoms with van der Waals surface area (Å²) in [7, 11) is 0. The normalized spacial score (nSPS) is 20.1. The number of carbonyl (C=O) groups is 2. The Morgan fingerprint density at radius 3 is 2.77 bits per heavy atom. The van der Waals surface area contributed by atoms with Crippen molar-refractivity contribution >= 4 is 33.4 Å². The molecule has 0 spiro atoms. The van der Waals surface area contributed by atoms with E-state index in [1.807, 2.05) is 24.3 Å². The van der Waals surface area contributed by atoms with Gasteiger partial charge in [-0.1, -0.05) is 44.5 Å². The summed E-state index contributed by atoms with van der Waals surface area (Å²) in [5, 5.41) is 13.2. The number of rotatable bonds is 4. The summed E-state index contributed by atoms with van der Waals surface area (Å²) < 4.78 is 20.1. The van der Waals surface area contributed by atoms with Crippen LogP contribution in [0.5, 0.6) is 0 Å². The third kappa shape index (κ3) is 3.30. The number of imide groups is 1. The molecule has 11 heteroatoms. The summed E-state index contributed by atoms with van der Waals surface area (Å²) in [6, 6.07) is 9.67. The van der Waals surface area contributed by atoms with E-state index >= 15 is 0 Å². The van der Waals surface area contributed by atoms with Crippen molar-refractivity contribution in [3.8, 4) is 11.4 Å². The van der Waals surface area contributed by atoms with Crippen LogP contribution < -0.4 is 4.90 Å². The number of aromatic nitrogens is 2. The molecule has 2 amide bonds. The molecule has 5 rings (SSSR count). The van der Waals surface area contributed by atoms with Crippen molar-refractivity contribution in [2.75, 3.05) is 4.90 Å². The molecule has 0 bridgehead atoms. The second-order valence-corrected chi connectivity index (χ2v) is 8.08. The van der Waals surface area contributed by atoms with Crippen LogP contribution in [0.2, 0.25) is 0 Å². The summed E-state index contributed by atoms with van der Waals surface area (Å²) in [6.45, 7) is 1.60. The third-order valence-electron chi connectivity index (χ3n) is 5.12. The maximum Gasteiger partial charge on any atom is 0.263 e. The molecule has 0 N–H and O–H groups in total. The molecule has 0 radical (unpaired) electrons. The summed E-state index contributed by atoms with van der Waals surface area (Å²) in [4.78, 5) is 31.1. The van der Waals surface area contributed by atoms with Crippen LogP contribution in [0.1, 0.15) is 11.5 Å². The summed E-state index contributed by atoms with van der Waals surface area (Å²) in [5.74, 6) is -0.983. The smallest absolute Gasteiger partial charge is 0.263 e. The minimum Gasteiger partial charge on any atom is -0.337 e. The maximum atomic E-state index is 14.0. The van der Waals surface area contributed by atoms with E-state index in [-0.39, 0.29) is 18.1 Å². The average molecular weight is 485 g/mol. The van der Waals surface area contributed by atoms with Crippen molar-refractivity contribution in [2.45, 2.75) is 25.6 Å². The molecule has 3 heterocycles. The van der Waals surface area contributed by atoms with Gasteiger partial charge in [-0.25, -0.2) is 9.29 Å². The first-order chi connectivity index (χ1) is 14.9. The van der Waals surface area contributed by atoms with Crippen molar-refractivity contribution in [1.82, 2.24) is 15.1 Å². The number of hydrogen-bond acceptors (Lipinski definition) is 8. The van der Waals surface area contributed by atoms with E-state index in [9.17, 15) is 14.0 Å². The molecule has 2 aliphatic heterocycles. The predicted molar refractivity (Wildman–Crippen MR) is 109 cm³/mol. The van der Waals surface area contributed by atoms with Gasteiger partial charge in [0.2, 0.25) is 11.7 Å². The molecule has 0 saturated carbocycles. The van der Waals surface area contributed by atoms with Crippen molar-refractivity contribution < 1.29 is 18.5 Å². The Balaban J connectivity index is 1.37. The summed E-state index contributed by atoms with van der Waals surface area (Å²) >= 11 is 3.39. The van der Waals surface area contributed by atoms with Crippen LogP contribution in [0.25, 0.3) is 11.4 Å². The predicted octanol–water partition coefficient (Wildman–Crippen LogP) is 3.44. The molecular formula is C20H14BrFN6O3. The summed E-state index contributed by atoms with van der Waals surface area (Å²) in [6.07, 6.45) is 0. The van der Waals surface area contributed by atoms with E-state index in [1.165, 1.54) is 17.1 Å². The standard InChI is InChI=1S/C20H14BrFN6O3/c1-10-5-6-13(8-14(10)22)28-19(29)16-17(20(28)30)27(26-24-16)9-15-23-18(25-31-15)11-3-2-4-12(21)7-11/h2-8,16-17H,9H2,1H3/t16-,17+/m1/s1. The first-order valence-electron chi connectivity index (χ1n) is 9.32. The number of hydrogen-bond donors (Lipinski definition) is 0. The van der Waals surface area contributed by atoms with E-state index < -0.39 is 29.7 Å². The molecule has 3 aromatic rings. The lowest BCUT2D eigenvalue weighted by molar-refractivity contribution is -0.123. The minimum absolute atomic E-state index is 0.000783. The van der Waals surface area contributed by atoms with Crippen LogP contribution in [0, 0.1) is 12.7 Å². The zero-order chi connectivity index (χ0) is 21.7. The van der Waals surface area contributed by atoms with Crippen LogP contribution in [0.3, 0.4) is 0 Å². The number of fused-ring (bicyclic) bond motifs is 1. The fourth-order valence-corrected chi connectivity index (χ4v) is 3.93. The van der Waals surface area contributed by atoms with E-state index in [2.05, 4.69) is 36.4 Å². The van der Waals surface area contributed by atoms with Gasteiger partial charge in [-0.3, -0.25) is 14.6 Å². The molecule has 2 aliphatic rings.